The number of rotatable bonds is 5. The molecule has 144 valence electrons. The number of nitrogens with zero attached hydrogens (tertiary/aromatic N) is 1. The van der Waals surface area contributed by atoms with Crippen LogP contribution in [-0.4, -0.2) is 29.9 Å². The summed E-state index contributed by atoms with van der Waals surface area (Å²) in [6.07, 6.45) is 9.17. The minimum Gasteiger partial charge on any atom is -0.333 e. The second-order valence-corrected chi connectivity index (χ2v) is 8.43. The number of aryl methyl sites for hydroxylation is 1. The van der Waals surface area contributed by atoms with Gasteiger partial charge in [-0.25, -0.2) is 0 Å². The molecule has 2 aliphatic carbocycles. The lowest BCUT2D eigenvalue weighted by Gasteiger charge is -2.37. The van der Waals surface area contributed by atoms with E-state index in [-0.39, 0.29) is 12.4 Å². The molecule has 0 aromatic heterocycles. The molecule has 3 atom stereocenters. The molecule has 4 heteroatoms. The number of hydrogen-bond donors (Lipinski definition) is 1. The van der Waals surface area contributed by atoms with Crippen molar-refractivity contribution in [2.75, 3.05) is 13.1 Å². The summed E-state index contributed by atoms with van der Waals surface area (Å²) in [4.78, 5) is 15.6. The lowest BCUT2D eigenvalue weighted by atomic mass is 9.84. The highest BCUT2D eigenvalue weighted by molar-refractivity contribution is 5.85. The maximum absolute atomic E-state index is 13.3. The molecule has 3 aliphatic rings. The zero-order valence-electron chi connectivity index (χ0n) is 16.0. The van der Waals surface area contributed by atoms with E-state index in [2.05, 4.69) is 41.4 Å². The lowest BCUT2D eigenvalue weighted by molar-refractivity contribution is -0.136. The van der Waals surface area contributed by atoms with Crippen LogP contribution in [0.25, 0.3) is 0 Å². The summed E-state index contributed by atoms with van der Waals surface area (Å²) in [6.45, 7) is 4.52. The highest BCUT2D eigenvalue weighted by Gasteiger charge is 2.40. The van der Waals surface area contributed by atoms with Crippen LogP contribution in [0, 0.1) is 11.8 Å². The fourth-order valence-electron chi connectivity index (χ4n) is 4.91. The van der Waals surface area contributed by atoms with Gasteiger partial charge >= 0.3 is 0 Å². The zero-order chi connectivity index (χ0) is 17.2. The maximum atomic E-state index is 13.3. The third-order valence-corrected chi connectivity index (χ3v) is 6.54. The van der Waals surface area contributed by atoms with Gasteiger partial charge in [-0.1, -0.05) is 31.2 Å². The predicted octanol–water partition coefficient (Wildman–Crippen LogP) is 4.50. The van der Waals surface area contributed by atoms with Crippen molar-refractivity contribution in [3.05, 3.63) is 35.4 Å². The van der Waals surface area contributed by atoms with Gasteiger partial charge < -0.3 is 10.2 Å². The Balaban J connectivity index is 0.00000196. The van der Waals surface area contributed by atoms with E-state index in [4.69, 9.17) is 0 Å². The number of halogens is 1. The number of hydrogen-bond acceptors (Lipinski definition) is 2. The number of benzene rings is 1. The molecule has 26 heavy (non-hydrogen) atoms. The Morgan fingerprint density at radius 2 is 2.00 bits per heavy atom. The van der Waals surface area contributed by atoms with Crippen LogP contribution < -0.4 is 5.32 Å². The average molecular weight is 377 g/mol. The molecule has 1 N–H and O–H groups in total. The van der Waals surface area contributed by atoms with Gasteiger partial charge in [0.25, 0.3) is 0 Å². The molecule has 3 nitrogen and oxygen atoms in total. The molecular formula is C22H33ClN2O. The first-order valence-corrected chi connectivity index (χ1v) is 10.3. The normalized spacial score (nSPS) is 26.3. The molecule has 1 amide bonds. The summed E-state index contributed by atoms with van der Waals surface area (Å²) in [7, 11) is 0. The summed E-state index contributed by atoms with van der Waals surface area (Å²) >= 11 is 0. The lowest BCUT2D eigenvalue weighted by Crippen LogP contribution is -2.41. The van der Waals surface area contributed by atoms with Gasteiger partial charge in [0.15, 0.2) is 0 Å². The number of amides is 1. The Morgan fingerprint density at radius 1 is 1.19 bits per heavy atom. The molecule has 0 bridgehead atoms. The van der Waals surface area contributed by atoms with E-state index in [9.17, 15) is 4.79 Å². The number of piperidine rings is 1. The maximum Gasteiger partial charge on any atom is 0.223 e. The topological polar surface area (TPSA) is 32.3 Å². The van der Waals surface area contributed by atoms with Gasteiger partial charge in [-0.05, 0) is 81.0 Å². The Hall–Kier alpha value is -1.06. The van der Waals surface area contributed by atoms with Crippen LogP contribution >= 0.6 is 12.4 Å². The third kappa shape index (κ3) is 4.26. The van der Waals surface area contributed by atoms with Crippen molar-refractivity contribution in [2.24, 2.45) is 11.8 Å². The SMILES string of the molecule is CC(CC(=O)N(C1CC1)C1CCCc2ccccc21)C1CCCNC1.Cl. The second kappa shape index (κ2) is 8.75. The minimum absolute atomic E-state index is 0. The fraction of sp³-hybridized carbons (Fsp3) is 0.682. The van der Waals surface area contributed by atoms with Gasteiger partial charge in [0.05, 0.1) is 6.04 Å². The smallest absolute Gasteiger partial charge is 0.223 e. The zero-order valence-corrected chi connectivity index (χ0v) is 16.8. The molecule has 1 aromatic carbocycles. The Labute approximate surface area is 164 Å². The number of carbonyl (C=O) groups excluding carboxylic acids is 1. The summed E-state index contributed by atoms with van der Waals surface area (Å²) in [5, 5.41) is 3.50. The predicted molar refractivity (Wildman–Crippen MR) is 109 cm³/mol. The molecule has 2 fully saturated rings. The van der Waals surface area contributed by atoms with Crippen molar-refractivity contribution in [2.45, 2.75) is 70.4 Å². The van der Waals surface area contributed by atoms with Crippen LogP contribution in [0.2, 0.25) is 0 Å². The van der Waals surface area contributed by atoms with Crippen molar-refractivity contribution in [3.63, 3.8) is 0 Å². The van der Waals surface area contributed by atoms with Crippen molar-refractivity contribution in [1.29, 1.82) is 0 Å². The molecular weight excluding hydrogens is 344 g/mol. The average Bonchev–Trinajstić information content (AvgIpc) is 3.48. The molecule has 3 unspecified atom stereocenters. The molecule has 0 radical (unpaired) electrons. The Bertz CT molecular complexity index is 610. The van der Waals surface area contributed by atoms with Crippen LogP contribution in [-0.2, 0) is 11.2 Å². The monoisotopic (exact) mass is 376 g/mol. The molecule has 1 heterocycles. The van der Waals surface area contributed by atoms with Crippen molar-refractivity contribution in [3.8, 4) is 0 Å². The van der Waals surface area contributed by atoms with Crippen molar-refractivity contribution in [1.82, 2.24) is 10.2 Å². The highest BCUT2D eigenvalue weighted by atomic mass is 35.5. The second-order valence-electron chi connectivity index (χ2n) is 8.43. The van der Waals surface area contributed by atoms with Gasteiger partial charge in [0.1, 0.15) is 0 Å². The number of nitrogens with one attached hydrogen (secondary N) is 1. The molecule has 4 rings (SSSR count). The Morgan fingerprint density at radius 3 is 2.73 bits per heavy atom. The molecule has 1 aromatic rings. The molecule has 1 saturated carbocycles. The van der Waals surface area contributed by atoms with E-state index in [1.54, 1.807) is 0 Å². The van der Waals surface area contributed by atoms with Crippen molar-refractivity contribution < 1.29 is 4.79 Å². The third-order valence-electron chi connectivity index (χ3n) is 6.54. The van der Waals surface area contributed by atoms with Crippen LogP contribution in [0.3, 0.4) is 0 Å². The van der Waals surface area contributed by atoms with E-state index in [0.29, 0.717) is 29.8 Å². The molecule has 1 saturated heterocycles. The van der Waals surface area contributed by atoms with Crippen LogP contribution in [0.5, 0.6) is 0 Å². The summed E-state index contributed by atoms with van der Waals surface area (Å²) < 4.78 is 0. The van der Waals surface area contributed by atoms with Crippen molar-refractivity contribution >= 4 is 18.3 Å². The summed E-state index contributed by atoms with van der Waals surface area (Å²) in [6, 6.07) is 9.62. The van der Waals surface area contributed by atoms with Gasteiger partial charge in [-0.2, -0.15) is 0 Å². The van der Waals surface area contributed by atoms with Gasteiger partial charge in [0, 0.05) is 12.5 Å². The first kappa shape index (κ1) is 19.7. The number of carbonyl (C=O) groups is 1. The van der Waals surface area contributed by atoms with E-state index >= 15 is 0 Å². The molecule has 1 aliphatic heterocycles. The van der Waals surface area contributed by atoms with Gasteiger partial charge in [-0.15, -0.1) is 12.4 Å². The summed E-state index contributed by atoms with van der Waals surface area (Å²) in [5.41, 5.74) is 2.88. The quantitative estimate of drug-likeness (QED) is 0.820. The van der Waals surface area contributed by atoms with E-state index < -0.39 is 0 Å². The first-order chi connectivity index (χ1) is 12.2. The van der Waals surface area contributed by atoms with Crippen LogP contribution in [0.15, 0.2) is 24.3 Å². The van der Waals surface area contributed by atoms with E-state index in [1.807, 2.05) is 0 Å². The van der Waals surface area contributed by atoms with Crippen LogP contribution in [0.1, 0.15) is 69.0 Å². The standard InChI is InChI=1S/C22H32N2O.ClH/c1-16(18-8-5-13-23-15-18)14-22(25)24(19-11-12-19)21-10-4-7-17-6-2-3-9-20(17)21;/h2-3,6,9,16,18-19,21,23H,4-5,7-8,10-15H2,1H3;1H. The van der Waals surface area contributed by atoms with E-state index in [0.717, 1.165) is 25.9 Å². The van der Waals surface area contributed by atoms with Gasteiger partial charge in [-0.3, -0.25) is 4.79 Å². The summed E-state index contributed by atoms with van der Waals surface area (Å²) in [5.74, 6) is 1.56. The first-order valence-electron chi connectivity index (χ1n) is 10.3. The largest absolute Gasteiger partial charge is 0.333 e. The highest BCUT2D eigenvalue weighted by Crippen LogP contribution is 2.41. The van der Waals surface area contributed by atoms with Gasteiger partial charge in [0.2, 0.25) is 5.91 Å². The minimum atomic E-state index is 0. The van der Waals surface area contributed by atoms with E-state index in [1.165, 1.54) is 49.7 Å². The molecule has 0 spiro atoms. The fourth-order valence-corrected chi connectivity index (χ4v) is 4.91. The number of fused-ring (bicyclic) bond motifs is 1. The van der Waals surface area contributed by atoms with Crippen LogP contribution in [0.4, 0.5) is 0 Å². The Kier molecular flexibility index (Phi) is 6.63.